The topological polar surface area (TPSA) is 73.0 Å². The number of hydrogen-bond donors (Lipinski definition) is 1. The summed E-state index contributed by atoms with van der Waals surface area (Å²) in [7, 11) is -3.59. The van der Waals surface area contributed by atoms with Gasteiger partial charge < -0.3 is 10.2 Å². The third-order valence-electron chi connectivity index (χ3n) is 7.46. The molecule has 0 spiro atoms. The van der Waals surface area contributed by atoms with Crippen molar-refractivity contribution in [2.24, 2.45) is 5.92 Å². The second-order valence-corrected chi connectivity index (χ2v) is 12.1. The standard InChI is InChI=1S/C27H36N4O3S/c1-21-8-11-25(35(33,34)31-12-3-2-4-13-31)19-26(21)27(32)28-23-6-5-7-24(18-23)30-16-14-29(15-17-30)20-22-9-10-22/h5-8,11,18-19,22H,2-4,9-10,12-17,20H2,1H3,(H,28,32). The fourth-order valence-corrected chi connectivity index (χ4v) is 6.64. The van der Waals surface area contributed by atoms with E-state index >= 15 is 0 Å². The zero-order valence-corrected chi connectivity index (χ0v) is 21.4. The number of aryl methyl sites for hydroxylation is 1. The van der Waals surface area contributed by atoms with E-state index in [-0.39, 0.29) is 10.8 Å². The van der Waals surface area contributed by atoms with Crippen LogP contribution in [-0.4, -0.2) is 69.3 Å². The van der Waals surface area contributed by atoms with Gasteiger partial charge in [0.25, 0.3) is 5.91 Å². The number of anilines is 2. The Labute approximate surface area is 209 Å². The van der Waals surface area contributed by atoms with Crippen LogP contribution in [0.25, 0.3) is 0 Å². The van der Waals surface area contributed by atoms with E-state index in [9.17, 15) is 13.2 Å². The molecule has 0 unspecified atom stereocenters. The number of nitrogens with one attached hydrogen (secondary N) is 1. The molecular formula is C27H36N4O3S. The Morgan fingerprint density at radius 3 is 2.40 bits per heavy atom. The van der Waals surface area contributed by atoms with E-state index < -0.39 is 10.0 Å². The second-order valence-electron chi connectivity index (χ2n) is 10.2. The molecule has 0 aromatic heterocycles. The van der Waals surface area contributed by atoms with E-state index in [1.807, 2.05) is 25.1 Å². The van der Waals surface area contributed by atoms with E-state index in [2.05, 4.69) is 21.2 Å². The lowest BCUT2D eigenvalue weighted by Gasteiger charge is -2.36. The Balaban J connectivity index is 1.27. The molecule has 0 bridgehead atoms. The molecule has 7 nitrogen and oxygen atoms in total. The molecule has 1 amide bonds. The molecule has 5 rings (SSSR count). The molecule has 188 valence electrons. The van der Waals surface area contributed by atoms with Crippen LogP contribution in [0.1, 0.15) is 48.0 Å². The third-order valence-corrected chi connectivity index (χ3v) is 9.36. The first kappa shape index (κ1) is 24.3. The number of hydrogen-bond acceptors (Lipinski definition) is 5. The average molecular weight is 497 g/mol. The summed E-state index contributed by atoms with van der Waals surface area (Å²) in [6.07, 6.45) is 5.58. The smallest absolute Gasteiger partial charge is 0.255 e. The van der Waals surface area contributed by atoms with Gasteiger partial charge in [0.15, 0.2) is 0 Å². The van der Waals surface area contributed by atoms with Crippen LogP contribution in [0, 0.1) is 12.8 Å². The minimum absolute atomic E-state index is 0.188. The maximum Gasteiger partial charge on any atom is 0.255 e. The third kappa shape index (κ3) is 5.71. The summed E-state index contributed by atoms with van der Waals surface area (Å²) in [6, 6.07) is 12.8. The van der Waals surface area contributed by atoms with Crippen molar-refractivity contribution in [3.63, 3.8) is 0 Å². The van der Waals surface area contributed by atoms with Gasteiger partial charge in [0.05, 0.1) is 4.90 Å². The molecule has 2 heterocycles. The highest BCUT2D eigenvalue weighted by Crippen LogP contribution is 2.30. The van der Waals surface area contributed by atoms with Crippen LogP contribution in [0.2, 0.25) is 0 Å². The highest BCUT2D eigenvalue weighted by Gasteiger charge is 2.28. The molecule has 35 heavy (non-hydrogen) atoms. The Morgan fingerprint density at radius 2 is 1.69 bits per heavy atom. The van der Waals surface area contributed by atoms with Crippen molar-refractivity contribution >= 4 is 27.3 Å². The van der Waals surface area contributed by atoms with Crippen LogP contribution in [0.15, 0.2) is 47.4 Å². The van der Waals surface area contributed by atoms with Gasteiger partial charge in [0, 0.05) is 62.8 Å². The van der Waals surface area contributed by atoms with Crippen LogP contribution < -0.4 is 10.2 Å². The van der Waals surface area contributed by atoms with Gasteiger partial charge in [-0.25, -0.2) is 8.42 Å². The van der Waals surface area contributed by atoms with Gasteiger partial charge >= 0.3 is 0 Å². The molecule has 1 saturated carbocycles. The monoisotopic (exact) mass is 496 g/mol. The van der Waals surface area contributed by atoms with Gasteiger partial charge in [-0.2, -0.15) is 4.31 Å². The lowest BCUT2D eigenvalue weighted by molar-refractivity contribution is 0.102. The number of piperazine rings is 1. The van der Waals surface area contributed by atoms with Crippen molar-refractivity contribution in [2.75, 3.05) is 56.0 Å². The molecule has 2 aromatic rings. The number of nitrogens with zero attached hydrogens (tertiary/aromatic N) is 3. The summed E-state index contributed by atoms with van der Waals surface area (Å²) >= 11 is 0. The van der Waals surface area contributed by atoms with Crippen LogP contribution in [0.5, 0.6) is 0 Å². The first-order valence-corrected chi connectivity index (χ1v) is 14.3. The van der Waals surface area contributed by atoms with Crippen LogP contribution in [0.3, 0.4) is 0 Å². The van der Waals surface area contributed by atoms with Gasteiger partial charge in [-0.3, -0.25) is 9.69 Å². The molecule has 3 aliphatic rings. The Kier molecular flexibility index (Phi) is 7.14. The fourth-order valence-electron chi connectivity index (χ4n) is 5.09. The first-order chi connectivity index (χ1) is 16.9. The number of carbonyl (C=O) groups is 1. The summed E-state index contributed by atoms with van der Waals surface area (Å²) in [5.41, 5.74) is 2.97. The van der Waals surface area contributed by atoms with Crippen LogP contribution >= 0.6 is 0 Å². The lowest BCUT2D eigenvalue weighted by Crippen LogP contribution is -2.47. The summed E-state index contributed by atoms with van der Waals surface area (Å²) in [5.74, 6) is 0.626. The number of benzene rings is 2. The number of sulfonamides is 1. The lowest BCUT2D eigenvalue weighted by atomic mass is 10.1. The molecule has 1 N–H and O–H groups in total. The van der Waals surface area contributed by atoms with Crippen molar-refractivity contribution in [2.45, 2.75) is 43.9 Å². The normalized spacial score (nSPS) is 20.1. The highest BCUT2D eigenvalue weighted by molar-refractivity contribution is 7.89. The van der Waals surface area contributed by atoms with E-state index in [1.165, 1.54) is 29.8 Å². The number of piperidine rings is 1. The zero-order valence-electron chi connectivity index (χ0n) is 20.6. The maximum atomic E-state index is 13.2. The van der Waals surface area contributed by atoms with E-state index in [4.69, 9.17) is 0 Å². The highest BCUT2D eigenvalue weighted by atomic mass is 32.2. The fraction of sp³-hybridized carbons (Fsp3) is 0.519. The molecule has 0 radical (unpaired) electrons. The molecule has 2 aromatic carbocycles. The van der Waals surface area contributed by atoms with Crippen molar-refractivity contribution in [1.82, 2.24) is 9.21 Å². The minimum atomic E-state index is -3.59. The van der Waals surface area contributed by atoms with Gasteiger partial charge in [-0.15, -0.1) is 0 Å². The summed E-state index contributed by atoms with van der Waals surface area (Å²) in [4.78, 5) is 18.3. The summed E-state index contributed by atoms with van der Waals surface area (Å²) in [6.45, 7) is 8.27. The first-order valence-electron chi connectivity index (χ1n) is 12.9. The number of carbonyl (C=O) groups excluding carboxylic acids is 1. The molecule has 8 heteroatoms. The quantitative estimate of drug-likeness (QED) is 0.628. The molecule has 3 fully saturated rings. The predicted octanol–water partition coefficient (Wildman–Crippen LogP) is 3.95. The van der Waals surface area contributed by atoms with Crippen LogP contribution in [-0.2, 0) is 10.0 Å². The second kappa shape index (κ2) is 10.3. The van der Waals surface area contributed by atoms with Gasteiger partial charge in [0.1, 0.15) is 0 Å². The Hall–Kier alpha value is -2.42. The van der Waals surface area contributed by atoms with E-state index in [1.54, 1.807) is 12.1 Å². The van der Waals surface area contributed by atoms with Crippen molar-refractivity contribution in [3.05, 3.63) is 53.6 Å². The summed E-state index contributed by atoms with van der Waals surface area (Å²) in [5, 5.41) is 3.00. The zero-order chi connectivity index (χ0) is 24.4. The molecule has 1 aliphatic carbocycles. The van der Waals surface area contributed by atoms with Crippen molar-refractivity contribution < 1.29 is 13.2 Å². The maximum absolute atomic E-state index is 13.2. The molecule has 0 atom stereocenters. The van der Waals surface area contributed by atoms with E-state index in [0.29, 0.717) is 18.7 Å². The van der Waals surface area contributed by atoms with Gasteiger partial charge in [-0.1, -0.05) is 18.6 Å². The Morgan fingerprint density at radius 1 is 0.943 bits per heavy atom. The average Bonchev–Trinajstić information content (AvgIpc) is 3.69. The minimum Gasteiger partial charge on any atom is -0.369 e. The summed E-state index contributed by atoms with van der Waals surface area (Å²) < 4.78 is 27.8. The molecule has 2 saturated heterocycles. The number of rotatable bonds is 7. The SMILES string of the molecule is Cc1ccc(S(=O)(=O)N2CCCCC2)cc1C(=O)Nc1cccc(N2CCN(CC3CC3)CC2)c1. The number of amides is 1. The largest absolute Gasteiger partial charge is 0.369 e. The van der Waals surface area contributed by atoms with E-state index in [0.717, 1.165) is 68.3 Å². The Bertz CT molecular complexity index is 1160. The molecular weight excluding hydrogens is 460 g/mol. The predicted molar refractivity (Wildman–Crippen MR) is 140 cm³/mol. The van der Waals surface area contributed by atoms with Crippen molar-refractivity contribution in [3.8, 4) is 0 Å². The van der Waals surface area contributed by atoms with Crippen molar-refractivity contribution in [1.29, 1.82) is 0 Å². The van der Waals surface area contributed by atoms with Gasteiger partial charge in [-0.05, 0) is 74.4 Å². The van der Waals surface area contributed by atoms with Gasteiger partial charge in [0.2, 0.25) is 10.0 Å². The van der Waals surface area contributed by atoms with Crippen LogP contribution in [0.4, 0.5) is 11.4 Å². The molecule has 2 aliphatic heterocycles.